The molecule has 3 heterocycles. The molecule has 12 atom stereocenters. The summed E-state index contributed by atoms with van der Waals surface area (Å²) in [5.74, 6) is -3.91. The quantitative estimate of drug-likeness (QED) is 0.598. The van der Waals surface area contributed by atoms with Gasteiger partial charge in [-0.2, -0.15) is 0 Å². The average Bonchev–Trinajstić information content (AvgIpc) is 3.44. The number of Topliss-reactive ketones (excluding diaryl/α,β-unsaturated/α-hetero) is 1. The molecule has 2 bridgehead atoms. The Morgan fingerprint density at radius 1 is 1.17 bits per heavy atom. The number of rotatable bonds is 3. The molecule has 2 N–H and O–H groups in total. The van der Waals surface area contributed by atoms with Gasteiger partial charge < -0.3 is 28.8 Å². The summed E-state index contributed by atoms with van der Waals surface area (Å²) in [6.07, 6.45) is 1.39. The lowest BCUT2D eigenvalue weighted by Gasteiger charge is -2.66. The number of carbonyl (C=O) groups is 3. The summed E-state index contributed by atoms with van der Waals surface area (Å²) >= 11 is 0. The molecule has 0 radical (unpaired) electrons. The highest BCUT2D eigenvalue weighted by molar-refractivity contribution is 5.94. The third kappa shape index (κ3) is 2.10. The predicted octanol–water partition coefficient (Wildman–Crippen LogP) is 1.95. The summed E-state index contributed by atoms with van der Waals surface area (Å²) in [6, 6.07) is 1.76. The Labute approximate surface area is 208 Å². The lowest BCUT2D eigenvalue weighted by atomic mass is 9.45. The first-order valence-electron chi connectivity index (χ1n) is 12.8. The van der Waals surface area contributed by atoms with Gasteiger partial charge in [-0.1, -0.05) is 20.8 Å². The molecule has 0 aromatic carbocycles. The number of carbonyl (C=O) groups excluding carboxylic acids is 3. The minimum absolute atomic E-state index is 0.0331. The molecule has 1 aromatic heterocycles. The first kappa shape index (κ1) is 22.9. The number of hydrogen-bond acceptors (Lipinski definition) is 9. The van der Waals surface area contributed by atoms with Crippen LogP contribution >= 0.6 is 0 Å². The summed E-state index contributed by atoms with van der Waals surface area (Å²) in [5.41, 5.74) is -5.02. The second kappa shape index (κ2) is 6.42. The van der Waals surface area contributed by atoms with E-state index in [-0.39, 0.29) is 18.6 Å². The van der Waals surface area contributed by atoms with Gasteiger partial charge in [-0.05, 0) is 37.2 Å². The fraction of sp³-hybridized carbons (Fsp3) is 0.741. The topological polar surface area (TPSA) is 133 Å². The van der Waals surface area contributed by atoms with Crippen molar-refractivity contribution in [1.29, 1.82) is 0 Å². The van der Waals surface area contributed by atoms with Crippen molar-refractivity contribution in [2.45, 2.75) is 76.0 Å². The van der Waals surface area contributed by atoms with E-state index in [1.807, 2.05) is 13.8 Å². The predicted molar refractivity (Wildman–Crippen MR) is 120 cm³/mol. The van der Waals surface area contributed by atoms with Crippen LogP contribution in [0.3, 0.4) is 0 Å². The third-order valence-corrected chi connectivity index (χ3v) is 11.8. The highest BCUT2D eigenvalue weighted by Crippen LogP contribution is 2.82. The first-order valence-corrected chi connectivity index (χ1v) is 12.8. The van der Waals surface area contributed by atoms with Crippen LogP contribution in [0.5, 0.6) is 0 Å². The van der Waals surface area contributed by atoms with Crippen molar-refractivity contribution in [3.8, 4) is 0 Å². The van der Waals surface area contributed by atoms with Gasteiger partial charge in [-0.25, -0.2) is 4.79 Å². The van der Waals surface area contributed by atoms with Crippen molar-refractivity contribution in [2.24, 2.45) is 39.9 Å². The van der Waals surface area contributed by atoms with Gasteiger partial charge in [0.1, 0.15) is 12.2 Å². The molecular formula is C27H32O9. The fourth-order valence-corrected chi connectivity index (χ4v) is 10.5. The van der Waals surface area contributed by atoms with Crippen LogP contribution < -0.4 is 0 Å². The second-order valence-corrected chi connectivity index (χ2v) is 12.8. The van der Waals surface area contributed by atoms with E-state index in [0.717, 1.165) is 0 Å². The van der Waals surface area contributed by atoms with E-state index in [0.29, 0.717) is 18.4 Å². The van der Waals surface area contributed by atoms with E-state index in [1.54, 1.807) is 19.3 Å². The molecule has 0 amide bonds. The molecule has 36 heavy (non-hydrogen) atoms. The zero-order valence-corrected chi connectivity index (χ0v) is 20.9. The standard InChI is InChI=1S/C27H32O9/c1-23-7-5-13-25(3)14(9-15(28)33-4)24(2)11-26(25,31)19-16(20(24)29)35-17(18(23)27(13,19)32)22(30)36-21(23)12-6-8-34-10-12/h6,8,10,13-14,16-19,21,31-32H,5,7,9,11H2,1-4H3. The maximum Gasteiger partial charge on any atom is 0.336 e. The Morgan fingerprint density at radius 2 is 1.92 bits per heavy atom. The molecule has 4 saturated carbocycles. The van der Waals surface area contributed by atoms with Gasteiger partial charge in [-0.3, -0.25) is 9.59 Å². The minimum Gasteiger partial charge on any atom is -0.472 e. The zero-order chi connectivity index (χ0) is 25.6. The summed E-state index contributed by atoms with van der Waals surface area (Å²) < 4.78 is 22.5. The first-order chi connectivity index (χ1) is 16.9. The normalized spacial score (nSPS) is 55.9. The van der Waals surface area contributed by atoms with Crippen LogP contribution in [0.2, 0.25) is 0 Å². The number of furan rings is 1. The van der Waals surface area contributed by atoms with Gasteiger partial charge in [0.15, 0.2) is 11.9 Å². The molecular weight excluding hydrogens is 468 g/mol. The van der Waals surface area contributed by atoms with Crippen LogP contribution in [0, 0.1) is 39.9 Å². The summed E-state index contributed by atoms with van der Waals surface area (Å²) in [4.78, 5) is 40.1. The van der Waals surface area contributed by atoms with Gasteiger partial charge >= 0.3 is 11.9 Å². The van der Waals surface area contributed by atoms with Gasteiger partial charge in [0.25, 0.3) is 0 Å². The highest BCUT2D eigenvalue weighted by atomic mass is 16.6. The maximum atomic E-state index is 14.1. The van der Waals surface area contributed by atoms with E-state index >= 15 is 0 Å². The molecule has 6 aliphatic rings. The van der Waals surface area contributed by atoms with Gasteiger partial charge in [0, 0.05) is 34.1 Å². The van der Waals surface area contributed by atoms with E-state index in [4.69, 9.17) is 18.6 Å². The van der Waals surface area contributed by atoms with Crippen molar-refractivity contribution >= 4 is 17.7 Å². The van der Waals surface area contributed by atoms with E-state index in [9.17, 15) is 24.6 Å². The zero-order valence-electron chi connectivity index (χ0n) is 20.9. The van der Waals surface area contributed by atoms with E-state index in [2.05, 4.69) is 0 Å². The molecule has 7 rings (SSSR count). The maximum absolute atomic E-state index is 14.1. The molecule has 4 aliphatic carbocycles. The Balaban J connectivity index is 1.45. The molecule has 6 fully saturated rings. The number of aliphatic hydroxyl groups is 2. The molecule has 9 heteroatoms. The molecule has 12 unspecified atom stereocenters. The highest BCUT2D eigenvalue weighted by Gasteiger charge is 2.91. The lowest BCUT2D eigenvalue weighted by Crippen LogP contribution is -2.76. The number of methoxy groups -OCH3 is 1. The number of ether oxygens (including phenoxy) is 3. The minimum atomic E-state index is -1.56. The van der Waals surface area contributed by atoms with Crippen molar-refractivity contribution < 1.29 is 43.2 Å². The van der Waals surface area contributed by atoms with Crippen LogP contribution in [-0.2, 0) is 28.6 Å². The van der Waals surface area contributed by atoms with Crippen LogP contribution in [-0.4, -0.2) is 58.5 Å². The summed E-state index contributed by atoms with van der Waals surface area (Å²) in [7, 11) is 1.31. The Bertz CT molecular complexity index is 1190. The number of hydrogen-bond donors (Lipinski definition) is 2. The fourth-order valence-electron chi connectivity index (χ4n) is 10.5. The number of cyclic esters (lactones) is 1. The second-order valence-electron chi connectivity index (χ2n) is 12.8. The molecule has 194 valence electrons. The average molecular weight is 501 g/mol. The van der Waals surface area contributed by atoms with Crippen molar-refractivity contribution in [3.05, 3.63) is 24.2 Å². The largest absolute Gasteiger partial charge is 0.472 e. The summed E-state index contributed by atoms with van der Waals surface area (Å²) in [6.45, 7) is 5.71. The molecule has 0 spiro atoms. The van der Waals surface area contributed by atoms with Crippen LogP contribution in [0.15, 0.2) is 23.0 Å². The third-order valence-electron chi connectivity index (χ3n) is 11.8. The van der Waals surface area contributed by atoms with Crippen molar-refractivity contribution in [2.75, 3.05) is 7.11 Å². The number of fused-ring (bicyclic) bond motifs is 2. The molecule has 2 aliphatic heterocycles. The van der Waals surface area contributed by atoms with Gasteiger partial charge in [0.2, 0.25) is 0 Å². The van der Waals surface area contributed by atoms with Crippen LogP contribution in [0.4, 0.5) is 0 Å². The number of ketones is 1. The SMILES string of the molecule is COC(=O)CC1C2(C)CC3(O)C4C(OC5C(=O)OC(c6ccoc6)C6(C)CCC(C4(O)C56)C13C)C2=O. The monoisotopic (exact) mass is 500 g/mol. The van der Waals surface area contributed by atoms with Crippen molar-refractivity contribution in [1.82, 2.24) is 0 Å². The van der Waals surface area contributed by atoms with Crippen LogP contribution in [0.25, 0.3) is 0 Å². The Morgan fingerprint density at radius 3 is 2.58 bits per heavy atom. The van der Waals surface area contributed by atoms with Crippen LogP contribution in [0.1, 0.15) is 58.1 Å². The molecule has 1 aromatic rings. The molecule has 9 nitrogen and oxygen atoms in total. The van der Waals surface area contributed by atoms with Gasteiger partial charge in [-0.15, -0.1) is 0 Å². The lowest BCUT2D eigenvalue weighted by molar-refractivity contribution is -0.319. The summed E-state index contributed by atoms with van der Waals surface area (Å²) in [5, 5.41) is 25.4. The number of esters is 2. The van der Waals surface area contributed by atoms with Crippen molar-refractivity contribution in [3.63, 3.8) is 0 Å². The Kier molecular flexibility index (Phi) is 4.09. The van der Waals surface area contributed by atoms with E-state index in [1.165, 1.54) is 13.4 Å². The van der Waals surface area contributed by atoms with E-state index < -0.39 is 81.4 Å². The smallest absolute Gasteiger partial charge is 0.336 e. The molecule has 2 saturated heterocycles. The Hall–Kier alpha value is -2.23. The van der Waals surface area contributed by atoms with Gasteiger partial charge in [0.05, 0.1) is 36.8 Å².